The molecule has 5 heteroatoms. The molecule has 5 nitrogen and oxygen atoms in total. The van der Waals surface area contributed by atoms with Crippen molar-refractivity contribution in [1.82, 2.24) is 9.80 Å². The number of nitrogens with zero attached hydrogens (tertiary/aromatic N) is 2. The second kappa shape index (κ2) is 7.92. The van der Waals surface area contributed by atoms with Crippen LogP contribution in [0.3, 0.4) is 0 Å². The molecule has 2 fully saturated rings. The molecule has 0 atom stereocenters. The summed E-state index contributed by atoms with van der Waals surface area (Å²) in [6.45, 7) is 3.93. The van der Waals surface area contributed by atoms with Gasteiger partial charge in [0.05, 0.1) is 6.54 Å². The molecule has 2 aliphatic rings. The van der Waals surface area contributed by atoms with Crippen LogP contribution in [0.4, 0.5) is 0 Å². The number of carbonyl (C=O) groups excluding carboxylic acids is 2. The number of carbonyl (C=O) groups is 2. The van der Waals surface area contributed by atoms with E-state index in [4.69, 9.17) is 5.73 Å². The molecule has 2 heterocycles. The topological polar surface area (TPSA) is 66.6 Å². The number of hydrogen-bond acceptors (Lipinski definition) is 3. The minimum Gasteiger partial charge on any atom is -0.368 e. The zero-order valence-electron chi connectivity index (χ0n) is 16.4. The first kappa shape index (κ1) is 18.9. The van der Waals surface area contributed by atoms with Crippen LogP contribution in [0.5, 0.6) is 0 Å². The molecule has 0 aromatic heterocycles. The van der Waals surface area contributed by atoms with Crippen LogP contribution < -0.4 is 5.73 Å². The van der Waals surface area contributed by atoms with Gasteiger partial charge in [-0.2, -0.15) is 0 Å². The summed E-state index contributed by atoms with van der Waals surface area (Å²) in [6, 6.07) is 15.1. The molecule has 0 bridgehead atoms. The van der Waals surface area contributed by atoms with Crippen molar-refractivity contribution in [3.05, 3.63) is 48.0 Å². The number of amides is 2. The molecule has 2 aromatic carbocycles. The molecule has 28 heavy (non-hydrogen) atoms. The van der Waals surface area contributed by atoms with E-state index in [2.05, 4.69) is 47.4 Å². The molecule has 0 saturated carbocycles. The van der Waals surface area contributed by atoms with Gasteiger partial charge in [0, 0.05) is 19.5 Å². The summed E-state index contributed by atoms with van der Waals surface area (Å²) in [5.41, 5.74) is 6.90. The maximum atomic E-state index is 12.1. The van der Waals surface area contributed by atoms with Gasteiger partial charge in [-0.15, -0.1) is 0 Å². The van der Waals surface area contributed by atoms with Crippen molar-refractivity contribution in [2.45, 2.75) is 32.1 Å². The number of rotatable bonds is 5. The van der Waals surface area contributed by atoms with E-state index >= 15 is 0 Å². The molecule has 148 valence electrons. The van der Waals surface area contributed by atoms with Gasteiger partial charge in [-0.1, -0.05) is 42.5 Å². The number of primary amides is 1. The van der Waals surface area contributed by atoms with Crippen LogP contribution in [0.15, 0.2) is 42.5 Å². The van der Waals surface area contributed by atoms with Crippen LogP contribution in [0, 0.1) is 5.41 Å². The highest BCUT2D eigenvalue weighted by Gasteiger charge is 2.41. The highest BCUT2D eigenvalue weighted by Crippen LogP contribution is 2.40. The van der Waals surface area contributed by atoms with Gasteiger partial charge >= 0.3 is 0 Å². The summed E-state index contributed by atoms with van der Waals surface area (Å²) in [5, 5.41) is 2.66. The SMILES string of the molecule is NC(=O)CN1CC2(CCC1=O)CCN(CCc1cccc3ccccc13)CC2. The van der Waals surface area contributed by atoms with Gasteiger partial charge in [-0.25, -0.2) is 0 Å². The van der Waals surface area contributed by atoms with E-state index in [0.717, 1.165) is 45.3 Å². The van der Waals surface area contributed by atoms with E-state index in [-0.39, 0.29) is 17.9 Å². The Labute approximate surface area is 166 Å². The average molecular weight is 380 g/mol. The van der Waals surface area contributed by atoms with Gasteiger partial charge < -0.3 is 15.5 Å². The second-order valence-corrected chi connectivity index (χ2v) is 8.45. The Hall–Kier alpha value is -2.40. The Bertz CT molecular complexity index is 866. The normalized spacial score (nSPS) is 20.0. The van der Waals surface area contributed by atoms with E-state index in [9.17, 15) is 9.59 Å². The van der Waals surface area contributed by atoms with Crippen molar-refractivity contribution in [3.63, 3.8) is 0 Å². The molecule has 0 radical (unpaired) electrons. The summed E-state index contributed by atoms with van der Waals surface area (Å²) in [7, 11) is 0. The van der Waals surface area contributed by atoms with Crippen LogP contribution in [0.25, 0.3) is 10.8 Å². The third-order valence-electron chi connectivity index (χ3n) is 6.59. The van der Waals surface area contributed by atoms with Crippen LogP contribution >= 0.6 is 0 Å². The maximum absolute atomic E-state index is 12.1. The lowest BCUT2D eigenvalue weighted by Crippen LogP contribution is -2.53. The van der Waals surface area contributed by atoms with Crippen molar-refractivity contribution < 1.29 is 9.59 Å². The molecule has 2 saturated heterocycles. The lowest BCUT2D eigenvalue weighted by Gasteiger charge is -2.47. The van der Waals surface area contributed by atoms with E-state index in [0.29, 0.717) is 13.0 Å². The Morgan fingerprint density at radius 1 is 1.04 bits per heavy atom. The fraction of sp³-hybridized carbons (Fsp3) is 0.478. The Balaban J connectivity index is 1.34. The number of piperidine rings is 2. The van der Waals surface area contributed by atoms with Crippen LogP contribution in [-0.4, -0.2) is 54.3 Å². The summed E-state index contributed by atoms with van der Waals surface area (Å²) in [4.78, 5) is 27.6. The fourth-order valence-electron chi connectivity index (χ4n) is 4.88. The van der Waals surface area contributed by atoms with Crippen molar-refractivity contribution in [2.75, 3.05) is 32.7 Å². The zero-order valence-corrected chi connectivity index (χ0v) is 16.4. The third kappa shape index (κ3) is 4.04. The Morgan fingerprint density at radius 3 is 2.57 bits per heavy atom. The molecular formula is C23H29N3O2. The van der Waals surface area contributed by atoms with Gasteiger partial charge in [-0.3, -0.25) is 9.59 Å². The first-order chi connectivity index (χ1) is 13.5. The summed E-state index contributed by atoms with van der Waals surface area (Å²) >= 11 is 0. The smallest absolute Gasteiger partial charge is 0.237 e. The van der Waals surface area contributed by atoms with Crippen LogP contribution in [-0.2, 0) is 16.0 Å². The molecule has 2 aliphatic heterocycles. The standard InChI is InChI=1S/C23H29N3O2/c24-21(27)16-26-17-23(10-8-22(26)28)11-14-25(15-12-23)13-9-19-6-3-5-18-4-1-2-7-20(18)19/h1-7H,8-17H2,(H2,24,27). The highest BCUT2D eigenvalue weighted by molar-refractivity contribution is 5.85. The fourth-order valence-corrected chi connectivity index (χ4v) is 4.88. The molecule has 2 N–H and O–H groups in total. The van der Waals surface area contributed by atoms with Gasteiger partial charge in [0.15, 0.2) is 0 Å². The van der Waals surface area contributed by atoms with Crippen molar-refractivity contribution in [2.24, 2.45) is 11.1 Å². The minimum absolute atomic E-state index is 0.0609. The second-order valence-electron chi connectivity index (χ2n) is 8.45. The van der Waals surface area contributed by atoms with Gasteiger partial charge in [0.2, 0.25) is 11.8 Å². The Kier molecular flexibility index (Phi) is 5.36. The Morgan fingerprint density at radius 2 is 1.79 bits per heavy atom. The summed E-state index contributed by atoms with van der Waals surface area (Å²) < 4.78 is 0. The van der Waals surface area contributed by atoms with E-state index in [1.807, 2.05) is 0 Å². The number of nitrogens with two attached hydrogens (primary N) is 1. The van der Waals surface area contributed by atoms with Gasteiger partial charge in [0.25, 0.3) is 0 Å². The average Bonchev–Trinajstić information content (AvgIpc) is 2.70. The quantitative estimate of drug-likeness (QED) is 0.868. The van der Waals surface area contributed by atoms with Crippen molar-refractivity contribution >= 4 is 22.6 Å². The first-order valence-corrected chi connectivity index (χ1v) is 10.3. The number of likely N-dealkylation sites (tertiary alicyclic amines) is 2. The molecule has 0 unspecified atom stereocenters. The molecule has 4 rings (SSSR count). The molecular weight excluding hydrogens is 350 g/mol. The first-order valence-electron chi connectivity index (χ1n) is 10.3. The molecule has 0 aliphatic carbocycles. The predicted molar refractivity (Wildman–Crippen MR) is 111 cm³/mol. The van der Waals surface area contributed by atoms with Crippen LogP contribution in [0.2, 0.25) is 0 Å². The molecule has 2 aromatic rings. The number of hydrogen-bond donors (Lipinski definition) is 1. The largest absolute Gasteiger partial charge is 0.368 e. The maximum Gasteiger partial charge on any atom is 0.237 e. The lowest BCUT2D eigenvalue weighted by molar-refractivity contribution is -0.142. The summed E-state index contributed by atoms with van der Waals surface area (Å²) in [5.74, 6) is -0.347. The van der Waals surface area contributed by atoms with E-state index in [1.54, 1.807) is 4.90 Å². The van der Waals surface area contributed by atoms with E-state index < -0.39 is 5.91 Å². The highest BCUT2D eigenvalue weighted by atomic mass is 16.2. The third-order valence-corrected chi connectivity index (χ3v) is 6.59. The number of fused-ring (bicyclic) bond motifs is 1. The molecule has 1 spiro atoms. The van der Waals surface area contributed by atoms with E-state index in [1.165, 1.54) is 16.3 Å². The lowest BCUT2D eigenvalue weighted by atomic mass is 9.72. The van der Waals surface area contributed by atoms with Crippen molar-refractivity contribution in [3.8, 4) is 0 Å². The molecule has 2 amide bonds. The van der Waals surface area contributed by atoms with Crippen molar-refractivity contribution in [1.29, 1.82) is 0 Å². The van der Waals surface area contributed by atoms with Crippen LogP contribution in [0.1, 0.15) is 31.2 Å². The monoisotopic (exact) mass is 379 g/mol. The number of benzene rings is 2. The minimum atomic E-state index is -0.419. The summed E-state index contributed by atoms with van der Waals surface area (Å²) in [6.07, 6.45) is 4.72. The van der Waals surface area contributed by atoms with Gasteiger partial charge in [-0.05, 0) is 60.5 Å². The predicted octanol–water partition coefficient (Wildman–Crippen LogP) is 2.57. The van der Waals surface area contributed by atoms with Gasteiger partial charge in [0.1, 0.15) is 0 Å². The zero-order chi connectivity index (χ0) is 19.6.